The van der Waals surface area contributed by atoms with Gasteiger partial charge in [-0.25, -0.2) is 0 Å². The zero-order valence-corrected chi connectivity index (χ0v) is 14.7. The molecule has 1 amide bonds. The average molecular weight is 329 g/mol. The van der Waals surface area contributed by atoms with E-state index in [1.807, 2.05) is 6.07 Å². The summed E-state index contributed by atoms with van der Waals surface area (Å²) in [6.07, 6.45) is 8.32. The average Bonchev–Trinajstić information content (AvgIpc) is 3.28. The molecule has 3 rings (SSSR count). The number of amides is 1. The molecule has 0 bridgehead atoms. The summed E-state index contributed by atoms with van der Waals surface area (Å²) in [5, 5.41) is 0. The summed E-state index contributed by atoms with van der Waals surface area (Å²) in [6, 6.07) is 11.5. The molecule has 4 heteroatoms. The summed E-state index contributed by atoms with van der Waals surface area (Å²) < 4.78 is 0. The van der Waals surface area contributed by atoms with E-state index >= 15 is 0 Å². The second kappa shape index (κ2) is 8.63. The number of hydrogen-bond donors (Lipinski definition) is 1. The summed E-state index contributed by atoms with van der Waals surface area (Å²) >= 11 is 0. The number of nitrogens with two attached hydrogens (primary N) is 1. The Balaban J connectivity index is 1.55. The Morgan fingerprint density at radius 3 is 2.29 bits per heavy atom. The fourth-order valence-corrected chi connectivity index (χ4v) is 3.90. The second-order valence-corrected chi connectivity index (χ2v) is 7.27. The Kier molecular flexibility index (Phi) is 6.27. The molecule has 0 aromatic heterocycles. The summed E-state index contributed by atoms with van der Waals surface area (Å²) in [5.74, 6) is 0.325. The van der Waals surface area contributed by atoms with Crippen molar-refractivity contribution in [2.75, 3.05) is 26.2 Å². The third-order valence-electron chi connectivity index (χ3n) is 5.31. The maximum atomic E-state index is 13.0. The van der Waals surface area contributed by atoms with E-state index in [0.717, 1.165) is 19.5 Å². The highest BCUT2D eigenvalue weighted by atomic mass is 16.2. The first-order valence-corrected chi connectivity index (χ1v) is 9.55. The van der Waals surface area contributed by atoms with Gasteiger partial charge in [0.15, 0.2) is 0 Å². The van der Waals surface area contributed by atoms with Gasteiger partial charge in [-0.15, -0.1) is 0 Å². The van der Waals surface area contributed by atoms with Crippen LogP contribution in [-0.4, -0.2) is 54.0 Å². The molecule has 2 fully saturated rings. The van der Waals surface area contributed by atoms with Crippen molar-refractivity contribution >= 4 is 5.91 Å². The molecule has 2 N–H and O–H groups in total. The molecule has 1 aromatic rings. The van der Waals surface area contributed by atoms with E-state index in [0.29, 0.717) is 31.1 Å². The van der Waals surface area contributed by atoms with E-state index < -0.39 is 0 Å². The van der Waals surface area contributed by atoms with Gasteiger partial charge in [-0.1, -0.05) is 43.2 Å². The highest BCUT2D eigenvalue weighted by Crippen LogP contribution is 2.34. The molecule has 2 aliphatic carbocycles. The normalized spacial score (nSPS) is 18.2. The number of carbonyl (C=O) groups excluding carboxylic acids is 1. The van der Waals surface area contributed by atoms with Crippen LogP contribution in [0.5, 0.6) is 0 Å². The van der Waals surface area contributed by atoms with Crippen LogP contribution in [0, 0.1) is 0 Å². The fourth-order valence-electron chi connectivity index (χ4n) is 3.90. The van der Waals surface area contributed by atoms with E-state index in [2.05, 4.69) is 34.1 Å². The largest absolute Gasteiger partial charge is 0.336 e. The van der Waals surface area contributed by atoms with Gasteiger partial charge < -0.3 is 10.6 Å². The summed E-state index contributed by atoms with van der Waals surface area (Å²) in [6.45, 7) is 2.82. The van der Waals surface area contributed by atoms with Gasteiger partial charge in [-0.05, 0) is 37.7 Å². The van der Waals surface area contributed by atoms with Gasteiger partial charge in [0.2, 0.25) is 5.91 Å². The zero-order chi connectivity index (χ0) is 16.8. The second-order valence-electron chi connectivity index (χ2n) is 7.27. The number of rotatable bonds is 9. The van der Waals surface area contributed by atoms with Crippen molar-refractivity contribution in [1.82, 2.24) is 9.80 Å². The van der Waals surface area contributed by atoms with Crippen LogP contribution in [0.25, 0.3) is 0 Å². The number of nitrogens with zero attached hydrogens (tertiary/aromatic N) is 2. The quantitative estimate of drug-likeness (QED) is 0.757. The Labute approximate surface area is 146 Å². The van der Waals surface area contributed by atoms with Crippen LogP contribution in [0.1, 0.15) is 44.1 Å². The van der Waals surface area contributed by atoms with Crippen molar-refractivity contribution in [1.29, 1.82) is 0 Å². The van der Waals surface area contributed by atoms with Crippen LogP contribution < -0.4 is 5.73 Å². The fraction of sp³-hybridized carbons (Fsp3) is 0.650. The topological polar surface area (TPSA) is 49.6 Å². The monoisotopic (exact) mass is 329 g/mol. The molecule has 0 heterocycles. The van der Waals surface area contributed by atoms with Crippen molar-refractivity contribution in [2.24, 2.45) is 5.73 Å². The smallest absolute Gasteiger partial charge is 0.237 e. The lowest BCUT2D eigenvalue weighted by Gasteiger charge is -2.32. The zero-order valence-electron chi connectivity index (χ0n) is 14.7. The van der Waals surface area contributed by atoms with Gasteiger partial charge in [0, 0.05) is 31.7 Å². The van der Waals surface area contributed by atoms with Gasteiger partial charge in [-0.3, -0.25) is 9.69 Å². The molecule has 132 valence electrons. The van der Waals surface area contributed by atoms with E-state index in [9.17, 15) is 4.79 Å². The minimum atomic E-state index is 0.325. The number of benzene rings is 1. The first kappa shape index (κ1) is 17.4. The van der Waals surface area contributed by atoms with Gasteiger partial charge in [0.25, 0.3) is 0 Å². The Morgan fingerprint density at radius 1 is 1.00 bits per heavy atom. The maximum absolute atomic E-state index is 13.0. The van der Waals surface area contributed by atoms with E-state index in [1.54, 1.807) is 0 Å². The predicted octanol–water partition coefficient (Wildman–Crippen LogP) is 2.42. The van der Waals surface area contributed by atoms with E-state index in [4.69, 9.17) is 5.73 Å². The van der Waals surface area contributed by atoms with Crippen molar-refractivity contribution in [3.05, 3.63) is 35.9 Å². The summed E-state index contributed by atoms with van der Waals surface area (Å²) in [4.78, 5) is 17.4. The first-order valence-electron chi connectivity index (χ1n) is 9.55. The first-order chi connectivity index (χ1) is 11.8. The summed E-state index contributed by atoms with van der Waals surface area (Å²) in [7, 11) is 0. The molecular weight excluding hydrogens is 298 g/mol. The molecule has 2 aliphatic rings. The van der Waals surface area contributed by atoms with Gasteiger partial charge >= 0.3 is 0 Å². The predicted molar refractivity (Wildman–Crippen MR) is 97.8 cm³/mol. The Bertz CT molecular complexity index is 509. The molecule has 0 radical (unpaired) electrons. The molecule has 1 aromatic carbocycles. The molecule has 0 spiro atoms. The highest BCUT2D eigenvalue weighted by molar-refractivity contribution is 5.79. The minimum absolute atomic E-state index is 0.325. The molecule has 0 atom stereocenters. The summed E-state index contributed by atoms with van der Waals surface area (Å²) in [5.41, 5.74) is 7.10. The molecule has 0 unspecified atom stereocenters. The molecule has 2 saturated carbocycles. The van der Waals surface area contributed by atoms with E-state index in [-0.39, 0.29) is 0 Å². The number of carbonyl (C=O) groups is 1. The molecule has 0 aliphatic heterocycles. The maximum Gasteiger partial charge on any atom is 0.237 e. The van der Waals surface area contributed by atoms with Crippen molar-refractivity contribution in [2.45, 2.75) is 57.0 Å². The SMILES string of the molecule is NCCN(CCc1ccccc1)CC(=O)N(C1CCCC1)C1CC1. The standard InChI is InChI=1S/C20H31N3O/c21-13-15-22(14-12-17-6-2-1-3-7-17)16-20(24)23(19-10-11-19)18-8-4-5-9-18/h1-3,6-7,18-19H,4-5,8-16,21H2. The minimum Gasteiger partial charge on any atom is -0.336 e. The third-order valence-corrected chi connectivity index (χ3v) is 5.31. The highest BCUT2D eigenvalue weighted by Gasteiger charge is 2.38. The van der Waals surface area contributed by atoms with Crippen LogP contribution in [0.3, 0.4) is 0 Å². The molecular formula is C20H31N3O. The van der Waals surface area contributed by atoms with Crippen LogP contribution in [0.15, 0.2) is 30.3 Å². The lowest BCUT2D eigenvalue weighted by Crippen LogP contribution is -2.47. The molecule has 0 saturated heterocycles. The van der Waals surface area contributed by atoms with Crippen molar-refractivity contribution in [3.63, 3.8) is 0 Å². The van der Waals surface area contributed by atoms with E-state index in [1.165, 1.54) is 44.1 Å². The Hall–Kier alpha value is -1.39. The molecule has 4 nitrogen and oxygen atoms in total. The van der Waals surface area contributed by atoms with Gasteiger partial charge in [0.05, 0.1) is 6.54 Å². The lowest BCUT2D eigenvalue weighted by molar-refractivity contribution is -0.135. The van der Waals surface area contributed by atoms with Gasteiger partial charge in [0.1, 0.15) is 0 Å². The number of hydrogen-bond acceptors (Lipinski definition) is 3. The lowest BCUT2D eigenvalue weighted by atomic mass is 10.1. The molecule has 24 heavy (non-hydrogen) atoms. The Morgan fingerprint density at radius 2 is 1.67 bits per heavy atom. The van der Waals surface area contributed by atoms with Crippen molar-refractivity contribution in [3.8, 4) is 0 Å². The van der Waals surface area contributed by atoms with Gasteiger partial charge in [-0.2, -0.15) is 0 Å². The van der Waals surface area contributed by atoms with Crippen LogP contribution in [0.2, 0.25) is 0 Å². The van der Waals surface area contributed by atoms with Crippen LogP contribution >= 0.6 is 0 Å². The third kappa shape index (κ3) is 4.81. The van der Waals surface area contributed by atoms with Crippen molar-refractivity contribution < 1.29 is 4.79 Å². The van der Waals surface area contributed by atoms with Crippen LogP contribution in [-0.2, 0) is 11.2 Å². The van der Waals surface area contributed by atoms with Crippen LogP contribution in [0.4, 0.5) is 0 Å².